The molecule has 0 saturated carbocycles. The van der Waals surface area contributed by atoms with Crippen molar-refractivity contribution in [1.82, 2.24) is 102 Å². The third-order valence-electron chi connectivity index (χ3n) is 26.1. The summed E-state index contributed by atoms with van der Waals surface area (Å²) in [6, 6.07) is 47.5. The van der Waals surface area contributed by atoms with E-state index in [2.05, 4.69) is 90.7 Å². The van der Waals surface area contributed by atoms with Crippen LogP contribution in [0.3, 0.4) is 0 Å². The van der Waals surface area contributed by atoms with Crippen molar-refractivity contribution < 1.29 is 55.9 Å². The number of rotatable bonds is 16. The molecular formula is C100H95F4N25O8. The number of carbonyl (C=O) groups is 8. The number of nitrogens with zero attached hydrogens (tertiary/aromatic N) is 20. The number of H-pyrrole nitrogens is 1. The maximum absolute atomic E-state index is 14.8. The van der Waals surface area contributed by atoms with E-state index in [9.17, 15) is 55.9 Å². The Kier molecular flexibility index (Phi) is 24.4. The van der Waals surface area contributed by atoms with Gasteiger partial charge in [-0.05, 0) is 206 Å². The highest BCUT2D eigenvalue weighted by molar-refractivity contribution is 5.99. The van der Waals surface area contributed by atoms with Crippen LogP contribution in [0.25, 0.3) is 78.5 Å². The lowest BCUT2D eigenvalue weighted by atomic mass is 9.98. The van der Waals surface area contributed by atoms with Crippen LogP contribution in [0.15, 0.2) is 188 Å². The molecule has 5 aromatic carbocycles. The molecule has 4 atom stereocenters. The fraction of sp³-hybridized carbons (Fsp3) is 0.250. The van der Waals surface area contributed by atoms with E-state index in [0.717, 1.165) is 94.8 Å². The van der Waals surface area contributed by atoms with Crippen molar-refractivity contribution in [3.63, 3.8) is 0 Å². The summed E-state index contributed by atoms with van der Waals surface area (Å²) in [7, 11) is 0. The highest BCUT2D eigenvalue weighted by atomic mass is 19.1. The first-order valence-corrected chi connectivity index (χ1v) is 45.0. The molecule has 4 aliphatic heterocycles. The lowest BCUT2D eigenvalue weighted by Gasteiger charge is -2.35. The van der Waals surface area contributed by atoms with Crippen molar-refractivity contribution in [1.29, 1.82) is 0 Å². The Morgan fingerprint density at radius 1 is 0.380 bits per heavy atom. The van der Waals surface area contributed by atoms with Crippen LogP contribution < -0.4 is 22.9 Å². The molecule has 0 bridgehead atoms. The van der Waals surface area contributed by atoms with Crippen molar-refractivity contribution in [3.8, 4) is 45.0 Å². The number of halogens is 4. The Morgan fingerprint density at radius 3 is 1.13 bits per heavy atom. The number of nitrogens with two attached hydrogens (primary N) is 4. The number of carbonyl (C=O) groups excluding carboxylic acids is 8. The van der Waals surface area contributed by atoms with Gasteiger partial charge in [-0.1, -0.05) is 45.9 Å². The molecule has 696 valence electrons. The second-order valence-electron chi connectivity index (χ2n) is 34.0. The molecule has 4 aliphatic rings. The van der Waals surface area contributed by atoms with Crippen LogP contribution in [0.2, 0.25) is 0 Å². The normalized spacial score (nSPS) is 15.5. The number of hydrogen-bond donors (Lipinski definition) is 5. The van der Waals surface area contributed by atoms with E-state index >= 15 is 0 Å². The fourth-order valence-electron chi connectivity index (χ4n) is 18.6. The SMILES string of the molecule is CCc1cc(C(=O)N2CCc3c([nH]c4ccccc34)C2C)nc2cc(-c3ccc(C(N)=O)cc3F)nn12.CCc1cc(C(=O)N2CCn3c(C)ccc3C2C)nc2cc(-c3ccc(C(N)=O)cc3F)nn12.CCc1cc(C(=O)N2CCn3cccc3C2C)nc2cc(-c3ccc(C(N)=O)cc3F)nn12.CCc1cc(C(=O)N2CCn3nccc3C2C)nc2cc(-c3ccc(C(N)=O)cc3F)nn12. The summed E-state index contributed by atoms with van der Waals surface area (Å²) in [5.74, 6) is -5.85. The van der Waals surface area contributed by atoms with Crippen LogP contribution in [0.5, 0.6) is 0 Å². The van der Waals surface area contributed by atoms with Gasteiger partial charge in [0.15, 0.2) is 22.6 Å². The van der Waals surface area contributed by atoms with Crippen LogP contribution in [-0.2, 0) is 51.7 Å². The minimum atomic E-state index is -0.705. The monoisotopic (exact) mass is 1850 g/mol. The largest absolute Gasteiger partial charge is 0.366 e. The molecule has 8 amide bonds. The summed E-state index contributed by atoms with van der Waals surface area (Å²) < 4.78 is 71.5. The number of aromatic amines is 1. The molecule has 21 rings (SSSR count). The fourth-order valence-corrected chi connectivity index (χ4v) is 18.6. The number of primary amides is 4. The number of para-hydroxylation sites is 1. The molecule has 0 fully saturated rings. The molecule has 0 aliphatic carbocycles. The molecule has 12 aromatic heterocycles. The van der Waals surface area contributed by atoms with E-state index in [-0.39, 0.29) is 92.3 Å². The number of aromatic nitrogens is 17. The first-order valence-electron chi connectivity index (χ1n) is 45.0. The zero-order valence-electron chi connectivity index (χ0n) is 76.2. The van der Waals surface area contributed by atoms with Gasteiger partial charge in [-0.25, -0.2) is 55.6 Å². The van der Waals surface area contributed by atoms with Gasteiger partial charge in [0, 0.05) is 177 Å². The topological polar surface area (TPSA) is 418 Å². The van der Waals surface area contributed by atoms with Crippen molar-refractivity contribution in [3.05, 3.63) is 313 Å². The number of amides is 8. The van der Waals surface area contributed by atoms with E-state index < -0.39 is 46.9 Å². The highest BCUT2D eigenvalue weighted by Crippen LogP contribution is 2.39. The summed E-state index contributed by atoms with van der Waals surface area (Å²) >= 11 is 0. The van der Waals surface area contributed by atoms with Crippen molar-refractivity contribution in [2.24, 2.45) is 22.9 Å². The molecular weight excluding hydrogens is 1760 g/mol. The molecule has 16 heterocycles. The Labute approximate surface area is 780 Å². The van der Waals surface area contributed by atoms with Gasteiger partial charge in [0.1, 0.15) is 46.0 Å². The lowest BCUT2D eigenvalue weighted by Crippen LogP contribution is -2.41. The average Bonchev–Trinajstić information content (AvgIpc) is 1.62. The van der Waals surface area contributed by atoms with Gasteiger partial charge in [-0.3, -0.25) is 43.0 Å². The molecule has 0 saturated heterocycles. The first-order chi connectivity index (χ1) is 65.9. The minimum Gasteiger partial charge on any atom is -0.366 e. The third-order valence-corrected chi connectivity index (χ3v) is 26.1. The van der Waals surface area contributed by atoms with E-state index in [0.29, 0.717) is 127 Å². The lowest BCUT2D eigenvalue weighted by molar-refractivity contribution is 0.0625. The van der Waals surface area contributed by atoms with Crippen LogP contribution in [0.4, 0.5) is 17.6 Å². The minimum absolute atomic E-state index is 0.0670. The molecule has 0 radical (unpaired) electrons. The van der Waals surface area contributed by atoms with Gasteiger partial charge in [0.05, 0.1) is 59.2 Å². The summed E-state index contributed by atoms with van der Waals surface area (Å²) in [4.78, 5) is 128. The molecule has 33 nitrogen and oxygen atoms in total. The number of benzene rings is 5. The highest BCUT2D eigenvalue weighted by Gasteiger charge is 2.37. The average molecular weight is 1850 g/mol. The molecule has 17 aromatic rings. The summed E-state index contributed by atoms with van der Waals surface area (Å²) in [5, 5.41) is 23.6. The first kappa shape index (κ1) is 90.9. The molecule has 4 unspecified atom stereocenters. The maximum atomic E-state index is 14.8. The van der Waals surface area contributed by atoms with Gasteiger partial charge in [-0.15, -0.1) is 0 Å². The standard InChI is InChI=1S/C28H25FN6O2.C25H25FN6O2.C24H23FN6O2.C23H22FN7O2/c1-3-17-13-24(28(37)34-11-10-19-18-6-4-5-7-22(18)32-26(19)15(34)2)31-25-14-23(33-35(17)25)20-9-8-16(27(30)36)12-21(20)29;1-4-17-12-21(25(34)31-10-9-30-14(2)5-8-22(30)15(31)3)28-23-13-20(29-32(17)23)18-7-6-16(24(27)33)11-19(18)26;1-3-16-12-20(24(33)30-10-9-29-8-4-5-21(29)14(30)2)27-22-13-19(28-31(16)22)17-7-6-15(23(26)32)11-18(17)25;1-3-15-11-19(23(33)29-8-9-30-20(13(29)2)6-7-26-30)27-21-12-18(28-31(15)21)16-5-4-14(22(25)32)10-17(16)24/h4-9,12-15,32H,3,10-11H2,1-2H3,(H2,30,36);5-8,11-13,15H,4,9-10H2,1-3H3,(H2,27,33);4-8,11-14H,3,9-10H2,1-2H3,(H2,26,32);4-7,10-13H,3,8-9H2,1-2H3,(H2,25,32). The number of nitrogens with one attached hydrogen (secondary N) is 1. The Hall–Kier alpha value is -16.6. The second-order valence-corrected chi connectivity index (χ2v) is 34.0. The van der Waals surface area contributed by atoms with E-state index in [4.69, 9.17) is 22.9 Å². The van der Waals surface area contributed by atoms with Crippen LogP contribution in [0.1, 0.15) is 220 Å². The molecule has 37 heteroatoms. The maximum Gasteiger partial charge on any atom is 0.273 e. The molecule has 137 heavy (non-hydrogen) atoms. The van der Waals surface area contributed by atoms with Crippen molar-refractivity contribution in [2.45, 2.75) is 138 Å². The van der Waals surface area contributed by atoms with Crippen molar-refractivity contribution in [2.75, 3.05) is 26.2 Å². The number of fused-ring (bicyclic) bond motifs is 10. The van der Waals surface area contributed by atoms with Crippen LogP contribution >= 0.6 is 0 Å². The summed E-state index contributed by atoms with van der Waals surface area (Å²) in [6.07, 6.45) is 6.95. The zero-order valence-corrected chi connectivity index (χ0v) is 76.2. The predicted molar refractivity (Wildman–Crippen MR) is 501 cm³/mol. The van der Waals surface area contributed by atoms with Gasteiger partial charge >= 0.3 is 0 Å². The van der Waals surface area contributed by atoms with Gasteiger partial charge < -0.3 is 56.7 Å². The molecule has 9 N–H and O–H groups in total. The predicted octanol–water partition coefficient (Wildman–Crippen LogP) is 13.8. The quantitative estimate of drug-likeness (QED) is 0.0561. The second kappa shape index (κ2) is 36.7. The van der Waals surface area contributed by atoms with Crippen LogP contribution in [-0.4, -0.2) is 175 Å². The number of aryl methyl sites for hydroxylation is 5. The Balaban J connectivity index is 0.000000122. The molecule has 0 spiro atoms. The van der Waals surface area contributed by atoms with Gasteiger partial charge in [-0.2, -0.15) is 25.5 Å². The van der Waals surface area contributed by atoms with E-state index in [1.54, 1.807) is 77.7 Å². The number of hydrogen-bond acceptors (Lipinski definition) is 17. The smallest absolute Gasteiger partial charge is 0.273 e. The van der Waals surface area contributed by atoms with E-state index in [1.807, 2.05) is 111 Å². The van der Waals surface area contributed by atoms with Crippen molar-refractivity contribution >= 4 is 80.7 Å². The summed E-state index contributed by atoms with van der Waals surface area (Å²) in [6.45, 7) is 22.4. The zero-order chi connectivity index (χ0) is 96.5. The van der Waals surface area contributed by atoms with Gasteiger partial charge in [0.25, 0.3) is 23.6 Å². The summed E-state index contributed by atoms with van der Waals surface area (Å²) in [5.41, 5.74) is 37.6. The van der Waals surface area contributed by atoms with Crippen LogP contribution in [0, 0.1) is 30.2 Å². The van der Waals surface area contributed by atoms with E-state index in [1.165, 1.54) is 65.2 Å². The Morgan fingerprint density at radius 2 is 0.745 bits per heavy atom. The third kappa shape index (κ3) is 17.0. The van der Waals surface area contributed by atoms with Gasteiger partial charge in [0.2, 0.25) is 23.6 Å². The Bertz CT molecular complexity index is 7570.